The summed E-state index contributed by atoms with van der Waals surface area (Å²) in [6, 6.07) is 8.71. The van der Waals surface area contributed by atoms with Gasteiger partial charge in [0, 0.05) is 13.6 Å². The Bertz CT molecular complexity index is 807. The molecule has 1 aliphatic rings. The van der Waals surface area contributed by atoms with Crippen molar-refractivity contribution in [1.82, 2.24) is 20.5 Å². The summed E-state index contributed by atoms with van der Waals surface area (Å²) in [6.07, 6.45) is 2.35. The lowest BCUT2D eigenvalue weighted by Gasteiger charge is -2.31. The zero-order chi connectivity index (χ0) is 20.8. The normalized spacial score (nSPS) is 16.8. The molecule has 30 heavy (non-hydrogen) atoms. The lowest BCUT2D eigenvalue weighted by Crippen LogP contribution is -2.43. The first-order chi connectivity index (χ1) is 14.0. The number of benzene rings is 1. The highest BCUT2D eigenvalue weighted by molar-refractivity contribution is 14.0. The Morgan fingerprint density at radius 1 is 1.23 bits per heavy atom. The van der Waals surface area contributed by atoms with E-state index in [1.807, 2.05) is 20.9 Å². The van der Waals surface area contributed by atoms with Gasteiger partial charge in [0.05, 0.1) is 18.3 Å². The van der Waals surface area contributed by atoms with Crippen molar-refractivity contribution in [2.45, 2.75) is 53.1 Å². The highest BCUT2D eigenvalue weighted by Gasteiger charge is 2.21. The fourth-order valence-electron chi connectivity index (χ4n) is 3.94. The Morgan fingerprint density at radius 2 is 1.93 bits per heavy atom. The lowest BCUT2D eigenvalue weighted by molar-refractivity contribution is 0.164. The minimum absolute atomic E-state index is 0. The number of aromatic nitrogens is 1. The third kappa shape index (κ3) is 6.70. The molecule has 1 aromatic heterocycles. The Balaban J connectivity index is 0.00000320. The largest absolute Gasteiger partial charge is 0.444 e. The summed E-state index contributed by atoms with van der Waals surface area (Å²) < 4.78 is 5.73. The highest BCUT2D eigenvalue weighted by atomic mass is 127. The maximum Gasteiger partial charge on any atom is 0.208 e. The second kappa shape index (κ2) is 11.7. The quantitative estimate of drug-likeness (QED) is 0.334. The fourth-order valence-corrected chi connectivity index (χ4v) is 3.94. The van der Waals surface area contributed by atoms with E-state index in [2.05, 4.69) is 63.6 Å². The van der Waals surface area contributed by atoms with Crippen LogP contribution in [0.25, 0.3) is 0 Å². The number of hydrogen-bond donors (Lipinski definition) is 2. The average Bonchev–Trinajstić information content (AvgIpc) is 3.03. The molecule has 0 aliphatic carbocycles. The highest BCUT2D eigenvalue weighted by Crippen LogP contribution is 2.20. The topological polar surface area (TPSA) is 65.7 Å². The predicted octanol–water partition coefficient (Wildman–Crippen LogP) is 4.36. The van der Waals surface area contributed by atoms with Crippen molar-refractivity contribution in [3.63, 3.8) is 0 Å². The van der Waals surface area contributed by atoms with Gasteiger partial charge in [-0.05, 0) is 70.7 Å². The number of aryl methyl sites for hydroxylation is 3. The van der Waals surface area contributed by atoms with E-state index in [9.17, 15) is 0 Å². The summed E-state index contributed by atoms with van der Waals surface area (Å²) in [5, 5.41) is 7.04. The molecular weight excluding hydrogens is 489 g/mol. The molecule has 1 atom stereocenters. The number of guanidine groups is 1. The molecule has 3 rings (SSSR count). The Hall–Kier alpha value is -1.61. The van der Waals surface area contributed by atoms with Crippen LogP contribution in [0.1, 0.15) is 54.3 Å². The molecule has 1 saturated heterocycles. The zero-order valence-electron chi connectivity index (χ0n) is 18.9. The van der Waals surface area contributed by atoms with Crippen molar-refractivity contribution >= 4 is 29.9 Å². The first-order valence-corrected chi connectivity index (χ1v) is 10.6. The number of oxazole rings is 1. The van der Waals surface area contributed by atoms with Gasteiger partial charge in [-0.1, -0.05) is 24.3 Å². The Kier molecular flexibility index (Phi) is 9.61. The van der Waals surface area contributed by atoms with Gasteiger partial charge < -0.3 is 15.1 Å². The van der Waals surface area contributed by atoms with E-state index in [0.717, 1.165) is 49.5 Å². The maximum atomic E-state index is 5.73. The molecule has 1 unspecified atom stereocenters. The number of piperidine rings is 1. The monoisotopic (exact) mass is 525 g/mol. The summed E-state index contributed by atoms with van der Waals surface area (Å²) in [7, 11) is 1.84. The molecule has 0 spiro atoms. The predicted molar refractivity (Wildman–Crippen MR) is 133 cm³/mol. The summed E-state index contributed by atoms with van der Waals surface area (Å²) in [5.74, 6) is 3.30. The summed E-state index contributed by atoms with van der Waals surface area (Å²) >= 11 is 0. The Morgan fingerprint density at radius 3 is 2.53 bits per heavy atom. The second-order valence-corrected chi connectivity index (χ2v) is 8.14. The molecule has 0 radical (unpaired) electrons. The molecule has 2 aromatic rings. The third-order valence-electron chi connectivity index (χ3n) is 5.93. The number of halogens is 1. The van der Waals surface area contributed by atoms with Crippen molar-refractivity contribution in [2.24, 2.45) is 10.9 Å². The Labute approximate surface area is 198 Å². The van der Waals surface area contributed by atoms with Gasteiger partial charge >= 0.3 is 0 Å². The molecule has 1 aromatic carbocycles. The molecule has 0 saturated carbocycles. The van der Waals surface area contributed by atoms with Crippen LogP contribution in [0.3, 0.4) is 0 Å². The van der Waals surface area contributed by atoms with E-state index >= 15 is 0 Å². The molecule has 1 aliphatic heterocycles. The van der Waals surface area contributed by atoms with Gasteiger partial charge in [-0.2, -0.15) is 0 Å². The van der Waals surface area contributed by atoms with Gasteiger partial charge in [-0.15, -0.1) is 24.0 Å². The first kappa shape index (κ1) is 24.7. The minimum atomic E-state index is 0. The number of nitrogens with one attached hydrogen (secondary N) is 2. The van der Waals surface area contributed by atoms with Gasteiger partial charge in [-0.3, -0.25) is 9.89 Å². The summed E-state index contributed by atoms with van der Waals surface area (Å²) in [6.45, 7) is 12.2. The molecule has 166 valence electrons. The second-order valence-electron chi connectivity index (χ2n) is 8.14. The standard InChI is InChI=1S/C23H35N5O.HI/c1-16-8-6-7-9-21(16)18(3)27-23(24-5)25-14-20-10-12-28(13-11-20)15-22-26-17(2)19(4)29-22;/h6-9,18,20H,10-15H2,1-5H3,(H2,24,25,27);1H. The van der Waals surface area contributed by atoms with E-state index < -0.39 is 0 Å². The number of aliphatic imine (C=N–C) groups is 1. The van der Waals surface area contributed by atoms with Crippen molar-refractivity contribution in [3.8, 4) is 0 Å². The summed E-state index contributed by atoms with van der Waals surface area (Å²) in [4.78, 5) is 11.4. The van der Waals surface area contributed by atoms with Gasteiger partial charge in [-0.25, -0.2) is 4.98 Å². The van der Waals surface area contributed by atoms with Gasteiger partial charge in [0.15, 0.2) is 5.96 Å². The van der Waals surface area contributed by atoms with E-state index in [1.165, 1.54) is 24.0 Å². The van der Waals surface area contributed by atoms with E-state index in [0.29, 0.717) is 5.92 Å². The van der Waals surface area contributed by atoms with E-state index in [4.69, 9.17) is 4.42 Å². The van der Waals surface area contributed by atoms with Crippen LogP contribution in [0.4, 0.5) is 0 Å². The third-order valence-corrected chi connectivity index (χ3v) is 5.93. The number of hydrogen-bond acceptors (Lipinski definition) is 4. The van der Waals surface area contributed by atoms with Crippen LogP contribution in [-0.2, 0) is 6.54 Å². The van der Waals surface area contributed by atoms with Crippen molar-refractivity contribution in [1.29, 1.82) is 0 Å². The van der Waals surface area contributed by atoms with Crippen LogP contribution in [0.2, 0.25) is 0 Å². The minimum Gasteiger partial charge on any atom is -0.444 e. The van der Waals surface area contributed by atoms with Crippen LogP contribution < -0.4 is 10.6 Å². The van der Waals surface area contributed by atoms with Crippen LogP contribution >= 0.6 is 24.0 Å². The van der Waals surface area contributed by atoms with Gasteiger partial charge in [0.1, 0.15) is 5.76 Å². The van der Waals surface area contributed by atoms with Gasteiger partial charge in [0.25, 0.3) is 0 Å². The van der Waals surface area contributed by atoms with E-state index in [1.54, 1.807) is 0 Å². The first-order valence-electron chi connectivity index (χ1n) is 10.6. The van der Waals surface area contributed by atoms with Crippen molar-refractivity contribution < 1.29 is 4.42 Å². The molecule has 0 bridgehead atoms. The van der Waals surface area contributed by atoms with Crippen LogP contribution in [0.15, 0.2) is 33.7 Å². The number of rotatable bonds is 6. The number of nitrogens with zero attached hydrogens (tertiary/aromatic N) is 3. The molecule has 2 N–H and O–H groups in total. The van der Waals surface area contributed by atoms with Crippen LogP contribution in [0, 0.1) is 26.7 Å². The molecule has 6 nitrogen and oxygen atoms in total. The smallest absolute Gasteiger partial charge is 0.208 e. The fraction of sp³-hybridized carbons (Fsp3) is 0.565. The summed E-state index contributed by atoms with van der Waals surface area (Å²) in [5.41, 5.74) is 3.60. The maximum absolute atomic E-state index is 5.73. The zero-order valence-corrected chi connectivity index (χ0v) is 21.2. The molecular formula is C23H36IN5O. The van der Waals surface area contributed by atoms with E-state index in [-0.39, 0.29) is 30.0 Å². The van der Waals surface area contributed by atoms with Crippen molar-refractivity contribution in [3.05, 3.63) is 52.7 Å². The van der Waals surface area contributed by atoms with Gasteiger partial charge in [0.2, 0.25) is 5.89 Å². The van der Waals surface area contributed by atoms with Crippen LogP contribution in [0.5, 0.6) is 0 Å². The molecule has 7 heteroatoms. The van der Waals surface area contributed by atoms with Crippen molar-refractivity contribution in [2.75, 3.05) is 26.7 Å². The molecule has 2 heterocycles. The molecule has 1 fully saturated rings. The SMILES string of the molecule is CN=C(NCC1CCN(Cc2nc(C)c(C)o2)CC1)NC(C)c1ccccc1C.I. The van der Waals surface area contributed by atoms with Crippen LogP contribution in [-0.4, -0.2) is 42.5 Å². The molecule has 0 amide bonds. The number of likely N-dealkylation sites (tertiary alicyclic amines) is 1. The lowest BCUT2D eigenvalue weighted by atomic mass is 9.97. The average molecular weight is 525 g/mol.